The molecule has 4 rings (SSSR count). The number of oxazole rings is 1. The molecule has 0 amide bonds. The second kappa shape index (κ2) is 6.65. The highest BCUT2D eigenvalue weighted by Gasteiger charge is 2.23. The van der Waals surface area contributed by atoms with Gasteiger partial charge in [-0.3, -0.25) is 4.90 Å². The molecule has 1 saturated heterocycles. The van der Waals surface area contributed by atoms with Gasteiger partial charge in [0.2, 0.25) is 5.89 Å². The van der Waals surface area contributed by atoms with Crippen LogP contribution in [0.5, 0.6) is 0 Å². The zero-order chi connectivity index (χ0) is 16.4. The SMILES string of the molecule is Cc1oc(-c2ccoc2)nc1CN1CCC[C@H](c2ccccc2)C1. The minimum absolute atomic E-state index is 0.612. The smallest absolute Gasteiger partial charge is 0.229 e. The van der Waals surface area contributed by atoms with Gasteiger partial charge in [-0.25, -0.2) is 4.98 Å². The summed E-state index contributed by atoms with van der Waals surface area (Å²) in [5, 5.41) is 0. The maximum Gasteiger partial charge on any atom is 0.229 e. The molecule has 1 fully saturated rings. The summed E-state index contributed by atoms with van der Waals surface area (Å²) >= 11 is 0. The van der Waals surface area contributed by atoms with Crippen LogP contribution in [0, 0.1) is 6.92 Å². The van der Waals surface area contributed by atoms with Crippen molar-refractivity contribution in [3.63, 3.8) is 0 Å². The molecule has 0 N–H and O–H groups in total. The van der Waals surface area contributed by atoms with E-state index >= 15 is 0 Å². The first-order chi connectivity index (χ1) is 11.8. The Morgan fingerprint density at radius 3 is 2.88 bits per heavy atom. The largest absolute Gasteiger partial charge is 0.472 e. The van der Waals surface area contributed by atoms with Gasteiger partial charge in [0.15, 0.2) is 0 Å². The van der Waals surface area contributed by atoms with Gasteiger partial charge in [0.05, 0.1) is 17.5 Å². The van der Waals surface area contributed by atoms with Crippen molar-refractivity contribution in [1.82, 2.24) is 9.88 Å². The zero-order valence-corrected chi connectivity index (χ0v) is 13.9. The number of furan rings is 1. The van der Waals surface area contributed by atoms with Crippen LogP contribution in [0.3, 0.4) is 0 Å². The van der Waals surface area contributed by atoms with Crippen LogP contribution in [0.25, 0.3) is 11.5 Å². The lowest BCUT2D eigenvalue weighted by Crippen LogP contribution is -2.34. The molecule has 2 aromatic heterocycles. The highest BCUT2D eigenvalue weighted by Crippen LogP contribution is 2.29. The van der Waals surface area contributed by atoms with Gasteiger partial charge in [-0.2, -0.15) is 0 Å². The summed E-state index contributed by atoms with van der Waals surface area (Å²) in [7, 11) is 0. The molecule has 24 heavy (non-hydrogen) atoms. The number of hydrogen-bond donors (Lipinski definition) is 0. The number of rotatable bonds is 4. The molecule has 4 nitrogen and oxygen atoms in total. The van der Waals surface area contributed by atoms with Gasteiger partial charge < -0.3 is 8.83 Å². The van der Waals surface area contributed by atoms with E-state index in [0.717, 1.165) is 36.7 Å². The fourth-order valence-electron chi connectivity index (χ4n) is 3.49. The third kappa shape index (κ3) is 3.15. The summed E-state index contributed by atoms with van der Waals surface area (Å²) in [5.74, 6) is 2.15. The van der Waals surface area contributed by atoms with E-state index in [1.165, 1.54) is 18.4 Å². The fourth-order valence-corrected chi connectivity index (χ4v) is 3.49. The van der Waals surface area contributed by atoms with Crippen molar-refractivity contribution in [2.45, 2.75) is 32.2 Å². The first-order valence-corrected chi connectivity index (χ1v) is 8.56. The minimum atomic E-state index is 0.612. The third-order valence-corrected chi connectivity index (χ3v) is 4.81. The van der Waals surface area contributed by atoms with Crippen molar-refractivity contribution in [2.75, 3.05) is 13.1 Å². The van der Waals surface area contributed by atoms with Crippen LogP contribution in [0.15, 0.2) is 57.8 Å². The average Bonchev–Trinajstić information content (AvgIpc) is 3.27. The Kier molecular flexibility index (Phi) is 4.22. The Balaban J connectivity index is 1.47. The predicted molar refractivity (Wildman–Crippen MR) is 92.6 cm³/mol. The summed E-state index contributed by atoms with van der Waals surface area (Å²) in [6.07, 6.45) is 5.80. The molecular formula is C20H22N2O2. The van der Waals surface area contributed by atoms with Gasteiger partial charge >= 0.3 is 0 Å². The second-order valence-corrected chi connectivity index (χ2v) is 6.52. The summed E-state index contributed by atoms with van der Waals surface area (Å²) in [4.78, 5) is 7.17. The number of nitrogens with zero attached hydrogens (tertiary/aromatic N) is 2. The summed E-state index contributed by atoms with van der Waals surface area (Å²) in [6, 6.07) is 12.7. The van der Waals surface area contributed by atoms with E-state index < -0.39 is 0 Å². The van der Waals surface area contributed by atoms with Gasteiger partial charge in [0.25, 0.3) is 0 Å². The van der Waals surface area contributed by atoms with E-state index in [-0.39, 0.29) is 0 Å². The quantitative estimate of drug-likeness (QED) is 0.703. The molecule has 3 aromatic rings. The van der Waals surface area contributed by atoms with Crippen LogP contribution in [-0.4, -0.2) is 23.0 Å². The topological polar surface area (TPSA) is 42.4 Å². The number of aromatic nitrogens is 1. The Hall–Kier alpha value is -2.33. The molecule has 0 saturated carbocycles. The van der Waals surface area contributed by atoms with Gasteiger partial charge in [-0.05, 0) is 43.9 Å². The van der Waals surface area contributed by atoms with E-state index in [1.807, 2.05) is 13.0 Å². The zero-order valence-electron chi connectivity index (χ0n) is 13.9. The molecule has 0 radical (unpaired) electrons. The number of piperidine rings is 1. The maximum absolute atomic E-state index is 5.81. The molecule has 0 unspecified atom stereocenters. The van der Waals surface area contributed by atoms with Crippen LogP contribution in [0.1, 0.15) is 35.8 Å². The minimum Gasteiger partial charge on any atom is -0.472 e. The van der Waals surface area contributed by atoms with Crippen LogP contribution in [0.4, 0.5) is 0 Å². The molecule has 1 atom stereocenters. The molecule has 0 spiro atoms. The molecule has 0 bridgehead atoms. The Morgan fingerprint density at radius 2 is 2.08 bits per heavy atom. The lowest BCUT2D eigenvalue weighted by atomic mass is 9.90. The van der Waals surface area contributed by atoms with Crippen LogP contribution >= 0.6 is 0 Å². The molecule has 0 aliphatic carbocycles. The third-order valence-electron chi connectivity index (χ3n) is 4.81. The summed E-state index contributed by atoms with van der Waals surface area (Å²) in [6.45, 7) is 5.04. The van der Waals surface area contributed by atoms with Crippen molar-refractivity contribution in [1.29, 1.82) is 0 Å². The Labute approximate surface area is 142 Å². The lowest BCUT2D eigenvalue weighted by molar-refractivity contribution is 0.197. The fraction of sp³-hybridized carbons (Fsp3) is 0.350. The monoisotopic (exact) mass is 322 g/mol. The molecule has 4 heteroatoms. The Morgan fingerprint density at radius 1 is 1.21 bits per heavy atom. The van der Waals surface area contributed by atoms with E-state index in [0.29, 0.717) is 11.8 Å². The molecular weight excluding hydrogens is 300 g/mol. The first kappa shape index (κ1) is 15.2. The van der Waals surface area contributed by atoms with E-state index in [9.17, 15) is 0 Å². The van der Waals surface area contributed by atoms with Crippen LogP contribution in [-0.2, 0) is 6.54 Å². The average molecular weight is 322 g/mol. The molecule has 1 aromatic carbocycles. The van der Waals surface area contributed by atoms with Crippen molar-refractivity contribution < 1.29 is 8.83 Å². The number of aryl methyl sites for hydroxylation is 1. The van der Waals surface area contributed by atoms with Gasteiger partial charge in [-0.15, -0.1) is 0 Å². The highest BCUT2D eigenvalue weighted by atomic mass is 16.4. The van der Waals surface area contributed by atoms with Crippen LogP contribution < -0.4 is 0 Å². The number of likely N-dealkylation sites (tertiary alicyclic amines) is 1. The van der Waals surface area contributed by atoms with Crippen molar-refractivity contribution in [3.8, 4) is 11.5 Å². The summed E-state index contributed by atoms with van der Waals surface area (Å²) < 4.78 is 10.9. The maximum atomic E-state index is 5.81. The molecule has 124 valence electrons. The van der Waals surface area contributed by atoms with E-state index in [1.54, 1.807) is 12.5 Å². The van der Waals surface area contributed by atoms with Crippen molar-refractivity contribution in [3.05, 3.63) is 65.9 Å². The van der Waals surface area contributed by atoms with E-state index in [2.05, 4.69) is 40.2 Å². The number of hydrogen-bond acceptors (Lipinski definition) is 4. The summed E-state index contributed by atoms with van der Waals surface area (Å²) in [5.41, 5.74) is 3.36. The van der Waals surface area contributed by atoms with Gasteiger partial charge in [0, 0.05) is 13.1 Å². The van der Waals surface area contributed by atoms with Crippen molar-refractivity contribution >= 4 is 0 Å². The van der Waals surface area contributed by atoms with Gasteiger partial charge in [0.1, 0.15) is 12.0 Å². The molecule has 1 aliphatic heterocycles. The van der Waals surface area contributed by atoms with Crippen LogP contribution in [0.2, 0.25) is 0 Å². The standard InChI is InChI=1S/C20H22N2O2/c1-15-19(21-20(24-15)18-9-11-23-14-18)13-22-10-5-8-17(12-22)16-6-3-2-4-7-16/h2-4,6-7,9,11,14,17H,5,8,10,12-13H2,1H3/t17-/m0/s1. The van der Waals surface area contributed by atoms with E-state index in [4.69, 9.17) is 8.83 Å². The highest BCUT2D eigenvalue weighted by molar-refractivity contribution is 5.51. The molecule has 1 aliphatic rings. The second-order valence-electron chi connectivity index (χ2n) is 6.52. The number of benzene rings is 1. The molecule has 3 heterocycles. The first-order valence-electron chi connectivity index (χ1n) is 8.56. The Bertz CT molecular complexity index is 777. The van der Waals surface area contributed by atoms with Crippen molar-refractivity contribution in [2.24, 2.45) is 0 Å². The van der Waals surface area contributed by atoms with Gasteiger partial charge in [-0.1, -0.05) is 30.3 Å². The lowest BCUT2D eigenvalue weighted by Gasteiger charge is -2.32. The predicted octanol–water partition coefficient (Wildman–Crippen LogP) is 4.62. The normalized spacial score (nSPS) is 18.8.